The van der Waals surface area contributed by atoms with Gasteiger partial charge in [-0.3, -0.25) is 0 Å². The second kappa shape index (κ2) is 4.48. The fraction of sp³-hybridized carbons (Fsp3) is 0.333. The molecular formula is C9H13BrN2. The maximum absolute atomic E-state index is 5.88. The van der Waals surface area contributed by atoms with Crippen LogP contribution in [-0.4, -0.2) is 16.5 Å². The molecule has 0 spiro atoms. The van der Waals surface area contributed by atoms with Gasteiger partial charge in [-0.05, 0) is 18.1 Å². The second-order valence-corrected chi connectivity index (χ2v) is 3.64. The highest BCUT2D eigenvalue weighted by molar-refractivity contribution is 9.07. The first-order chi connectivity index (χ1) is 5.74. The highest BCUT2D eigenvalue weighted by atomic mass is 79.9. The summed E-state index contributed by atoms with van der Waals surface area (Å²) < 4.78 is 1.93. The number of halogens is 1. The van der Waals surface area contributed by atoms with Gasteiger partial charge in [-0.15, -0.1) is 6.58 Å². The lowest BCUT2D eigenvalue weighted by molar-refractivity contribution is 0.688. The number of nitrogens with two attached hydrogens (primary N) is 1. The van der Waals surface area contributed by atoms with Crippen LogP contribution in [0.1, 0.15) is 6.42 Å². The molecule has 0 aromatic heterocycles. The number of hydrogen-bond acceptors (Lipinski definition) is 2. The first kappa shape index (κ1) is 9.55. The Morgan fingerprint density at radius 1 is 1.83 bits per heavy atom. The zero-order valence-corrected chi connectivity index (χ0v) is 8.50. The minimum absolute atomic E-state index is 0.0972. The van der Waals surface area contributed by atoms with Gasteiger partial charge in [0.2, 0.25) is 0 Å². The summed E-state index contributed by atoms with van der Waals surface area (Å²) in [6.45, 7) is 4.53. The van der Waals surface area contributed by atoms with Crippen LogP contribution in [0.4, 0.5) is 0 Å². The molecule has 1 atom stereocenters. The third-order valence-electron chi connectivity index (χ3n) is 1.78. The molecule has 0 aromatic rings. The van der Waals surface area contributed by atoms with Gasteiger partial charge >= 0.3 is 0 Å². The van der Waals surface area contributed by atoms with Gasteiger partial charge in [0.1, 0.15) is 0 Å². The molecule has 0 amide bonds. The average molecular weight is 229 g/mol. The molecule has 0 saturated carbocycles. The third-order valence-corrected chi connectivity index (χ3v) is 2.30. The lowest BCUT2D eigenvalue weighted by atomic mass is 10.0. The summed E-state index contributed by atoms with van der Waals surface area (Å²) in [5.41, 5.74) is 7.07. The topological polar surface area (TPSA) is 29.3 Å². The van der Waals surface area contributed by atoms with Crippen LogP contribution in [0.25, 0.3) is 0 Å². The van der Waals surface area contributed by atoms with E-state index in [2.05, 4.69) is 28.8 Å². The highest BCUT2D eigenvalue weighted by Crippen LogP contribution is 2.14. The van der Waals surface area contributed by atoms with Crippen LogP contribution in [-0.2, 0) is 0 Å². The van der Waals surface area contributed by atoms with Gasteiger partial charge in [0, 0.05) is 34.9 Å². The van der Waals surface area contributed by atoms with E-state index in [4.69, 9.17) is 5.73 Å². The zero-order valence-electron chi connectivity index (χ0n) is 6.91. The van der Waals surface area contributed by atoms with E-state index in [1.807, 2.05) is 22.3 Å². The van der Waals surface area contributed by atoms with Crippen molar-refractivity contribution in [2.75, 3.05) is 6.54 Å². The predicted octanol–water partition coefficient (Wildman–Crippen LogP) is 1.96. The van der Waals surface area contributed by atoms with Crippen LogP contribution >= 0.6 is 16.1 Å². The maximum Gasteiger partial charge on any atom is 0.0494 e. The van der Waals surface area contributed by atoms with Gasteiger partial charge in [-0.1, -0.05) is 12.2 Å². The molecule has 0 unspecified atom stereocenters. The van der Waals surface area contributed by atoms with Crippen molar-refractivity contribution in [3.05, 3.63) is 36.6 Å². The van der Waals surface area contributed by atoms with Crippen LogP contribution in [0, 0.1) is 0 Å². The van der Waals surface area contributed by atoms with Crippen molar-refractivity contribution in [1.82, 2.24) is 3.93 Å². The molecule has 1 rings (SSSR count). The highest BCUT2D eigenvalue weighted by Gasteiger charge is 2.07. The Kier molecular flexibility index (Phi) is 3.56. The smallest absolute Gasteiger partial charge is 0.0494 e. The van der Waals surface area contributed by atoms with Crippen molar-refractivity contribution in [3.8, 4) is 0 Å². The molecule has 3 heteroatoms. The average Bonchev–Trinajstić information content (AvgIpc) is 2.06. The molecule has 0 saturated heterocycles. The molecule has 1 aliphatic heterocycles. The third kappa shape index (κ3) is 2.50. The number of rotatable bonds is 3. The molecular weight excluding hydrogens is 216 g/mol. The van der Waals surface area contributed by atoms with Crippen LogP contribution in [0.5, 0.6) is 0 Å². The molecule has 2 nitrogen and oxygen atoms in total. The number of nitrogens with zero attached hydrogens (tertiary/aromatic N) is 1. The van der Waals surface area contributed by atoms with Crippen molar-refractivity contribution in [2.24, 2.45) is 5.73 Å². The van der Waals surface area contributed by atoms with E-state index < -0.39 is 0 Å². The minimum atomic E-state index is 0.0972. The van der Waals surface area contributed by atoms with Crippen LogP contribution in [0.3, 0.4) is 0 Å². The van der Waals surface area contributed by atoms with E-state index >= 15 is 0 Å². The molecule has 12 heavy (non-hydrogen) atoms. The first-order valence-corrected chi connectivity index (χ1v) is 4.62. The lowest BCUT2D eigenvalue weighted by Gasteiger charge is -2.18. The van der Waals surface area contributed by atoms with Crippen molar-refractivity contribution in [3.63, 3.8) is 0 Å². The first-order valence-electron chi connectivity index (χ1n) is 3.91. The standard InChI is InChI=1S/C9H13BrN2/c1-2-3-9(11)8-4-6-12(10)7-5-8/h2,4-6,9H,1,3,7,11H2/t9-/m0/s1. The Hall–Kier alpha value is -0.540. The van der Waals surface area contributed by atoms with Gasteiger partial charge in [0.25, 0.3) is 0 Å². The van der Waals surface area contributed by atoms with Crippen LogP contribution in [0.15, 0.2) is 36.6 Å². The Morgan fingerprint density at radius 2 is 2.58 bits per heavy atom. The quantitative estimate of drug-likeness (QED) is 0.592. The van der Waals surface area contributed by atoms with E-state index in [-0.39, 0.29) is 6.04 Å². The summed E-state index contributed by atoms with van der Waals surface area (Å²) >= 11 is 3.34. The fourth-order valence-electron chi connectivity index (χ4n) is 1.08. The minimum Gasteiger partial charge on any atom is -0.324 e. The molecule has 0 fully saturated rings. The summed E-state index contributed by atoms with van der Waals surface area (Å²) in [6.07, 6.45) is 8.78. The van der Waals surface area contributed by atoms with E-state index in [1.54, 1.807) is 0 Å². The predicted molar refractivity (Wildman–Crippen MR) is 55.6 cm³/mol. The Labute approximate surface area is 81.8 Å². The fourth-order valence-corrected chi connectivity index (χ4v) is 1.34. The summed E-state index contributed by atoms with van der Waals surface area (Å²) in [6, 6.07) is 0.0972. The molecule has 0 aromatic carbocycles. The van der Waals surface area contributed by atoms with Crippen molar-refractivity contribution in [2.45, 2.75) is 12.5 Å². The molecule has 0 radical (unpaired) electrons. The molecule has 0 aliphatic carbocycles. The molecule has 1 aliphatic rings. The molecule has 2 N–H and O–H groups in total. The van der Waals surface area contributed by atoms with Crippen molar-refractivity contribution in [1.29, 1.82) is 0 Å². The van der Waals surface area contributed by atoms with Gasteiger partial charge in [-0.25, -0.2) is 0 Å². The summed E-state index contributed by atoms with van der Waals surface area (Å²) in [5.74, 6) is 0. The van der Waals surface area contributed by atoms with E-state index in [1.165, 1.54) is 5.57 Å². The Bertz CT molecular complexity index is 221. The number of hydrogen-bond donors (Lipinski definition) is 1. The largest absolute Gasteiger partial charge is 0.324 e. The van der Waals surface area contributed by atoms with E-state index in [0.717, 1.165) is 13.0 Å². The zero-order chi connectivity index (χ0) is 8.97. The molecule has 1 heterocycles. The summed E-state index contributed by atoms with van der Waals surface area (Å²) in [4.78, 5) is 0. The van der Waals surface area contributed by atoms with Gasteiger partial charge in [0.05, 0.1) is 0 Å². The SMILES string of the molecule is C=CC[C@H](N)C1=CCN(Br)C=C1. The van der Waals surface area contributed by atoms with Gasteiger partial charge in [-0.2, -0.15) is 0 Å². The van der Waals surface area contributed by atoms with Crippen molar-refractivity contribution >= 4 is 16.1 Å². The maximum atomic E-state index is 5.88. The van der Waals surface area contributed by atoms with Crippen molar-refractivity contribution < 1.29 is 0 Å². The second-order valence-electron chi connectivity index (χ2n) is 2.73. The monoisotopic (exact) mass is 228 g/mol. The van der Waals surface area contributed by atoms with Gasteiger partial charge < -0.3 is 9.66 Å². The Balaban J connectivity index is 2.53. The van der Waals surface area contributed by atoms with Crippen LogP contribution < -0.4 is 5.73 Å². The normalized spacial score (nSPS) is 18.8. The lowest BCUT2D eigenvalue weighted by Crippen LogP contribution is -2.23. The molecule has 0 bridgehead atoms. The van der Waals surface area contributed by atoms with Gasteiger partial charge in [0.15, 0.2) is 0 Å². The van der Waals surface area contributed by atoms with Crippen LogP contribution in [0.2, 0.25) is 0 Å². The van der Waals surface area contributed by atoms with E-state index in [0.29, 0.717) is 0 Å². The molecule has 66 valence electrons. The van der Waals surface area contributed by atoms with E-state index in [9.17, 15) is 0 Å². The summed E-state index contributed by atoms with van der Waals surface area (Å²) in [7, 11) is 0. The Morgan fingerprint density at radius 3 is 3.08 bits per heavy atom. The summed E-state index contributed by atoms with van der Waals surface area (Å²) in [5, 5.41) is 0.